The summed E-state index contributed by atoms with van der Waals surface area (Å²) in [6.45, 7) is 4.95. The lowest BCUT2D eigenvalue weighted by Crippen LogP contribution is -2.44. The minimum atomic E-state index is -3.50. The van der Waals surface area contributed by atoms with Crippen molar-refractivity contribution in [3.8, 4) is 5.75 Å². The summed E-state index contributed by atoms with van der Waals surface area (Å²) >= 11 is 0. The van der Waals surface area contributed by atoms with Crippen molar-refractivity contribution in [3.05, 3.63) is 65.7 Å². The highest BCUT2D eigenvalue weighted by atomic mass is 32.2. The molecule has 2 heterocycles. The van der Waals surface area contributed by atoms with Crippen LogP contribution >= 0.6 is 0 Å². The number of hydrogen-bond donors (Lipinski definition) is 0. The van der Waals surface area contributed by atoms with E-state index in [0.717, 1.165) is 36.8 Å². The van der Waals surface area contributed by atoms with Crippen molar-refractivity contribution in [1.82, 2.24) is 9.80 Å². The first-order valence-corrected chi connectivity index (χ1v) is 13.9. The number of piperidine rings is 1. The average Bonchev–Trinajstić information content (AvgIpc) is 3.26. The van der Waals surface area contributed by atoms with Crippen LogP contribution in [0.1, 0.15) is 42.1 Å². The van der Waals surface area contributed by atoms with Gasteiger partial charge in [0.1, 0.15) is 5.75 Å². The molecular formula is C27H32N2O5S. The van der Waals surface area contributed by atoms with Gasteiger partial charge in [-0.15, -0.1) is 0 Å². The Hall–Kier alpha value is -3.13. The van der Waals surface area contributed by atoms with E-state index in [9.17, 15) is 18.0 Å². The molecule has 0 aliphatic carbocycles. The van der Waals surface area contributed by atoms with Crippen LogP contribution in [0.25, 0.3) is 6.08 Å². The number of nitrogens with zero attached hydrogens (tertiary/aromatic N) is 2. The van der Waals surface area contributed by atoms with E-state index in [-0.39, 0.29) is 27.7 Å². The molecule has 0 bridgehead atoms. The molecule has 35 heavy (non-hydrogen) atoms. The molecule has 0 N–H and O–H groups in total. The van der Waals surface area contributed by atoms with E-state index in [4.69, 9.17) is 4.74 Å². The first-order valence-electron chi connectivity index (χ1n) is 12.0. The third kappa shape index (κ3) is 5.59. The van der Waals surface area contributed by atoms with E-state index in [1.165, 1.54) is 6.07 Å². The number of benzene rings is 2. The monoisotopic (exact) mass is 496 g/mol. The summed E-state index contributed by atoms with van der Waals surface area (Å²) in [4.78, 5) is 29.7. The summed E-state index contributed by atoms with van der Waals surface area (Å²) in [5, 5.41) is 0. The van der Waals surface area contributed by atoms with Crippen LogP contribution in [0.5, 0.6) is 5.75 Å². The number of carbonyl (C=O) groups excluding carboxylic acids is 2. The summed E-state index contributed by atoms with van der Waals surface area (Å²) in [7, 11) is -3.50. The maximum Gasteiger partial charge on any atom is 0.255 e. The standard InChI is InChI=1S/C27H32N2O5S/c1-3-34-23-10-6-4-8-21(23)12-13-25(30)28-17-14-27(15-18-28)16-19-29(20-27)26(31)22-9-5-7-11-24(22)35(2,32)33/h4-13H,3,14-20H2,1-2H3. The van der Waals surface area contributed by atoms with Crippen LogP contribution in [0.4, 0.5) is 0 Å². The van der Waals surface area contributed by atoms with Gasteiger partial charge in [-0.25, -0.2) is 8.42 Å². The largest absolute Gasteiger partial charge is 0.493 e. The minimum Gasteiger partial charge on any atom is -0.493 e. The number of para-hydroxylation sites is 1. The molecule has 2 aromatic carbocycles. The predicted molar refractivity (Wildman–Crippen MR) is 135 cm³/mol. The summed E-state index contributed by atoms with van der Waals surface area (Å²) in [5.41, 5.74) is 1.07. The molecule has 1 spiro atoms. The van der Waals surface area contributed by atoms with Gasteiger partial charge in [-0.2, -0.15) is 0 Å². The highest BCUT2D eigenvalue weighted by molar-refractivity contribution is 7.90. The SMILES string of the molecule is CCOc1ccccc1C=CC(=O)N1CCC2(CC1)CCN(C(=O)c1ccccc1S(C)(=O)=O)C2. The molecule has 2 saturated heterocycles. The van der Waals surface area contributed by atoms with Gasteiger partial charge in [0.15, 0.2) is 9.84 Å². The fraction of sp³-hybridized carbons (Fsp3) is 0.407. The van der Waals surface area contributed by atoms with Gasteiger partial charge in [0.2, 0.25) is 5.91 Å². The van der Waals surface area contributed by atoms with Gasteiger partial charge in [-0.05, 0) is 55.9 Å². The van der Waals surface area contributed by atoms with Crippen LogP contribution in [0, 0.1) is 5.41 Å². The number of ether oxygens (including phenoxy) is 1. The maximum absolute atomic E-state index is 13.2. The summed E-state index contributed by atoms with van der Waals surface area (Å²) in [6.07, 6.45) is 7.02. The highest BCUT2D eigenvalue weighted by Gasteiger charge is 2.43. The molecule has 186 valence electrons. The van der Waals surface area contributed by atoms with Crippen molar-refractivity contribution in [1.29, 1.82) is 0 Å². The zero-order valence-electron chi connectivity index (χ0n) is 20.3. The smallest absolute Gasteiger partial charge is 0.255 e. The first kappa shape index (κ1) is 25.0. The Morgan fingerprint density at radius 3 is 2.29 bits per heavy atom. The Morgan fingerprint density at radius 1 is 0.971 bits per heavy atom. The summed E-state index contributed by atoms with van der Waals surface area (Å²) in [5.74, 6) is 0.487. The van der Waals surface area contributed by atoms with E-state index < -0.39 is 9.84 Å². The average molecular weight is 497 g/mol. The Balaban J connectivity index is 1.37. The van der Waals surface area contributed by atoms with Gasteiger partial charge >= 0.3 is 0 Å². The van der Waals surface area contributed by atoms with Crippen LogP contribution in [0.2, 0.25) is 0 Å². The molecule has 4 rings (SSSR count). The second-order valence-electron chi connectivity index (χ2n) is 9.37. The highest BCUT2D eigenvalue weighted by Crippen LogP contribution is 2.41. The lowest BCUT2D eigenvalue weighted by atomic mass is 9.77. The molecule has 0 aromatic heterocycles. The van der Waals surface area contributed by atoms with E-state index in [2.05, 4.69) is 0 Å². The van der Waals surface area contributed by atoms with E-state index in [1.807, 2.05) is 36.1 Å². The Morgan fingerprint density at radius 2 is 1.60 bits per heavy atom. The first-order chi connectivity index (χ1) is 16.7. The molecule has 0 unspecified atom stereocenters. The Kier molecular flexibility index (Phi) is 7.31. The normalized spacial score (nSPS) is 17.8. The van der Waals surface area contributed by atoms with E-state index in [1.54, 1.807) is 35.3 Å². The van der Waals surface area contributed by atoms with Gasteiger partial charge in [0.25, 0.3) is 5.91 Å². The number of sulfone groups is 1. The maximum atomic E-state index is 13.2. The molecule has 0 radical (unpaired) electrons. The molecule has 7 nitrogen and oxygen atoms in total. The van der Waals surface area contributed by atoms with Gasteiger partial charge in [0.05, 0.1) is 17.1 Å². The Labute approximate surface area is 207 Å². The van der Waals surface area contributed by atoms with Crippen molar-refractivity contribution in [2.24, 2.45) is 5.41 Å². The zero-order chi connectivity index (χ0) is 25.1. The summed E-state index contributed by atoms with van der Waals surface area (Å²) < 4.78 is 29.9. The third-order valence-corrected chi connectivity index (χ3v) is 8.16. The zero-order valence-corrected chi connectivity index (χ0v) is 21.1. The summed E-state index contributed by atoms with van der Waals surface area (Å²) in [6, 6.07) is 14.0. The van der Waals surface area contributed by atoms with Gasteiger partial charge < -0.3 is 14.5 Å². The Bertz CT molecular complexity index is 1230. The molecule has 2 fully saturated rings. The predicted octanol–water partition coefficient (Wildman–Crippen LogP) is 3.66. The fourth-order valence-corrected chi connectivity index (χ4v) is 5.91. The quantitative estimate of drug-likeness (QED) is 0.570. The van der Waals surface area contributed by atoms with Gasteiger partial charge in [-0.3, -0.25) is 9.59 Å². The fourth-order valence-electron chi connectivity index (χ4n) is 5.03. The molecule has 2 aliphatic rings. The molecule has 0 saturated carbocycles. The number of amides is 2. The van der Waals surface area contributed by atoms with Crippen molar-refractivity contribution in [3.63, 3.8) is 0 Å². The number of rotatable bonds is 6. The van der Waals surface area contributed by atoms with Crippen molar-refractivity contribution < 1.29 is 22.7 Å². The van der Waals surface area contributed by atoms with Crippen molar-refractivity contribution in [2.45, 2.75) is 31.1 Å². The second-order valence-corrected chi connectivity index (χ2v) is 11.4. The van der Waals surface area contributed by atoms with Crippen molar-refractivity contribution in [2.75, 3.05) is 39.0 Å². The molecule has 2 amide bonds. The van der Waals surface area contributed by atoms with E-state index in [0.29, 0.717) is 32.8 Å². The molecule has 0 atom stereocenters. The molecular weight excluding hydrogens is 464 g/mol. The number of likely N-dealkylation sites (tertiary alicyclic amines) is 2. The lowest BCUT2D eigenvalue weighted by Gasteiger charge is -2.39. The van der Waals surface area contributed by atoms with Gasteiger partial charge in [0, 0.05) is 44.1 Å². The van der Waals surface area contributed by atoms with Crippen molar-refractivity contribution >= 4 is 27.7 Å². The van der Waals surface area contributed by atoms with Crippen LogP contribution in [-0.4, -0.2) is 69.1 Å². The molecule has 2 aliphatic heterocycles. The minimum absolute atomic E-state index is 0.0286. The van der Waals surface area contributed by atoms with Crippen LogP contribution in [0.3, 0.4) is 0 Å². The van der Waals surface area contributed by atoms with Gasteiger partial charge in [-0.1, -0.05) is 30.3 Å². The van der Waals surface area contributed by atoms with Crippen LogP contribution in [0.15, 0.2) is 59.5 Å². The van der Waals surface area contributed by atoms with Crippen LogP contribution in [-0.2, 0) is 14.6 Å². The van der Waals surface area contributed by atoms with E-state index >= 15 is 0 Å². The topological polar surface area (TPSA) is 84.0 Å². The number of hydrogen-bond acceptors (Lipinski definition) is 5. The molecule has 2 aromatic rings. The number of carbonyl (C=O) groups is 2. The van der Waals surface area contributed by atoms with Crippen LogP contribution < -0.4 is 4.74 Å². The molecule has 8 heteroatoms. The lowest BCUT2D eigenvalue weighted by molar-refractivity contribution is -0.128. The second kappa shape index (κ2) is 10.2. The third-order valence-electron chi connectivity index (χ3n) is 7.00.